The topological polar surface area (TPSA) is 47.7 Å². The molecule has 0 aromatic heterocycles. The zero-order chi connectivity index (χ0) is 19.3. The molecule has 3 aromatic rings. The van der Waals surface area contributed by atoms with Crippen LogP contribution in [0, 0.1) is 0 Å². The van der Waals surface area contributed by atoms with Gasteiger partial charge in [-0.1, -0.05) is 54.1 Å². The summed E-state index contributed by atoms with van der Waals surface area (Å²) in [5.41, 5.74) is 10.5. The van der Waals surface area contributed by atoms with Crippen LogP contribution >= 0.6 is 11.6 Å². The number of nitrogens with zero attached hydrogens (tertiary/aromatic N) is 1. The predicted octanol–water partition coefficient (Wildman–Crippen LogP) is 4.73. The summed E-state index contributed by atoms with van der Waals surface area (Å²) >= 11 is 6.04. The Hall–Kier alpha value is -2.53. The zero-order valence-corrected chi connectivity index (χ0v) is 16.4. The van der Waals surface area contributed by atoms with E-state index in [0.717, 1.165) is 41.7 Å². The lowest BCUT2D eigenvalue weighted by molar-refractivity contribution is 0.174. The van der Waals surface area contributed by atoms with E-state index in [1.807, 2.05) is 18.2 Å². The first-order valence-electron chi connectivity index (χ1n) is 9.33. The van der Waals surface area contributed by atoms with E-state index in [2.05, 4.69) is 53.4 Å². The molecular weight excluding hydrogens is 372 g/mol. The van der Waals surface area contributed by atoms with Crippen LogP contribution in [0.3, 0.4) is 0 Å². The molecule has 1 aliphatic rings. The Balaban J connectivity index is 1.53. The highest BCUT2D eigenvalue weighted by molar-refractivity contribution is 6.30. The van der Waals surface area contributed by atoms with E-state index in [-0.39, 0.29) is 0 Å². The van der Waals surface area contributed by atoms with Gasteiger partial charge in [-0.15, -0.1) is 0 Å². The maximum Gasteiger partial charge on any atom is 0.231 e. The fourth-order valence-electron chi connectivity index (χ4n) is 3.35. The molecule has 2 N–H and O–H groups in total. The van der Waals surface area contributed by atoms with Crippen molar-refractivity contribution < 1.29 is 9.47 Å². The van der Waals surface area contributed by atoms with Crippen molar-refractivity contribution in [3.63, 3.8) is 0 Å². The third-order valence-corrected chi connectivity index (χ3v) is 5.08. The third-order valence-electron chi connectivity index (χ3n) is 4.83. The maximum atomic E-state index is 6.04. The number of halogens is 1. The van der Waals surface area contributed by atoms with Gasteiger partial charge in [-0.3, -0.25) is 4.90 Å². The van der Waals surface area contributed by atoms with Crippen LogP contribution in [-0.2, 0) is 26.2 Å². The standard InChI is InChI=1S/C23H23ClN2O2/c24-21-8-5-19(6-9-21)14-26(13-18-3-1-17(12-25)2-4-18)15-20-7-10-22-23(11-20)28-16-27-22/h1-11H,12-16,25H2. The van der Waals surface area contributed by atoms with Crippen LogP contribution < -0.4 is 15.2 Å². The minimum Gasteiger partial charge on any atom is -0.454 e. The molecule has 1 aliphatic heterocycles. The average molecular weight is 395 g/mol. The summed E-state index contributed by atoms with van der Waals surface area (Å²) in [6.45, 7) is 3.32. The number of benzene rings is 3. The highest BCUT2D eigenvalue weighted by Gasteiger charge is 2.15. The monoisotopic (exact) mass is 394 g/mol. The van der Waals surface area contributed by atoms with Crippen LogP contribution in [0.4, 0.5) is 0 Å². The highest BCUT2D eigenvalue weighted by Crippen LogP contribution is 2.33. The van der Waals surface area contributed by atoms with Gasteiger partial charge in [-0.05, 0) is 46.5 Å². The second-order valence-corrected chi connectivity index (χ2v) is 7.42. The van der Waals surface area contributed by atoms with Gasteiger partial charge in [-0.25, -0.2) is 0 Å². The Morgan fingerprint density at radius 3 is 1.93 bits per heavy atom. The molecule has 4 rings (SSSR count). The highest BCUT2D eigenvalue weighted by atomic mass is 35.5. The van der Waals surface area contributed by atoms with Crippen molar-refractivity contribution in [1.82, 2.24) is 4.90 Å². The van der Waals surface area contributed by atoms with E-state index < -0.39 is 0 Å². The van der Waals surface area contributed by atoms with E-state index >= 15 is 0 Å². The van der Waals surface area contributed by atoms with Crippen molar-refractivity contribution in [3.8, 4) is 11.5 Å². The molecular formula is C23H23ClN2O2. The lowest BCUT2D eigenvalue weighted by Crippen LogP contribution is -2.22. The SMILES string of the molecule is NCc1ccc(CN(Cc2ccc(Cl)cc2)Cc2ccc3c(c2)OCO3)cc1. The van der Waals surface area contributed by atoms with Crippen LogP contribution in [0.15, 0.2) is 66.7 Å². The lowest BCUT2D eigenvalue weighted by atomic mass is 10.1. The fourth-order valence-corrected chi connectivity index (χ4v) is 3.48. The van der Waals surface area contributed by atoms with Gasteiger partial charge in [0.2, 0.25) is 6.79 Å². The Labute approximate surface area is 170 Å². The van der Waals surface area contributed by atoms with E-state index in [0.29, 0.717) is 13.3 Å². The summed E-state index contributed by atoms with van der Waals surface area (Å²) in [6, 6.07) is 22.7. The maximum absolute atomic E-state index is 6.04. The molecule has 0 bridgehead atoms. The largest absolute Gasteiger partial charge is 0.454 e. The Morgan fingerprint density at radius 1 is 0.714 bits per heavy atom. The summed E-state index contributed by atoms with van der Waals surface area (Å²) in [7, 11) is 0. The zero-order valence-electron chi connectivity index (χ0n) is 15.6. The van der Waals surface area contributed by atoms with Crippen molar-refractivity contribution in [1.29, 1.82) is 0 Å². The number of hydrogen-bond donors (Lipinski definition) is 1. The molecule has 5 heteroatoms. The predicted molar refractivity (Wildman–Crippen MR) is 111 cm³/mol. The van der Waals surface area contributed by atoms with Crippen LogP contribution in [0.25, 0.3) is 0 Å². The van der Waals surface area contributed by atoms with Crippen molar-refractivity contribution in [2.45, 2.75) is 26.2 Å². The van der Waals surface area contributed by atoms with E-state index in [1.165, 1.54) is 16.7 Å². The summed E-state index contributed by atoms with van der Waals surface area (Å²) in [5, 5.41) is 0.753. The molecule has 3 aromatic carbocycles. The molecule has 0 fully saturated rings. The minimum atomic E-state index is 0.292. The van der Waals surface area contributed by atoms with Crippen molar-refractivity contribution in [2.75, 3.05) is 6.79 Å². The van der Waals surface area contributed by atoms with Gasteiger partial charge in [0, 0.05) is 31.2 Å². The van der Waals surface area contributed by atoms with E-state index in [4.69, 9.17) is 26.8 Å². The van der Waals surface area contributed by atoms with E-state index in [1.54, 1.807) is 0 Å². The third kappa shape index (κ3) is 4.65. The summed E-state index contributed by atoms with van der Waals surface area (Å²) < 4.78 is 11.0. The van der Waals surface area contributed by atoms with Gasteiger partial charge in [0.25, 0.3) is 0 Å². The molecule has 0 saturated heterocycles. The second-order valence-electron chi connectivity index (χ2n) is 6.98. The van der Waals surface area contributed by atoms with Crippen LogP contribution in [0.1, 0.15) is 22.3 Å². The molecule has 0 spiro atoms. The number of fused-ring (bicyclic) bond motifs is 1. The first kappa shape index (κ1) is 18.8. The summed E-state index contributed by atoms with van der Waals surface area (Å²) in [6.07, 6.45) is 0. The molecule has 0 atom stereocenters. The molecule has 4 nitrogen and oxygen atoms in total. The van der Waals surface area contributed by atoms with Gasteiger partial charge in [-0.2, -0.15) is 0 Å². The van der Waals surface area contributed by atoms with Gasteiger partial charge in [0.05, 0.1) is 0 Å². The van der Waals surface area contributed by atoms with Gasteiger partial charge < -0.3 is 15.2 Å². The number of ether oxygens (including phenoxy) is 2. The van der Waals surface area contributed by atoms with Gasteiger partial charge in [0.15, 0.2) is 11.5 Å². The molecule has 144 valence electrons. The van der Waals surface area contributed by atoms with Crippen LogP contribution in [0.5, 0.6) is 11.5 Å². The molecule has 0 radical (unpaired) electrons. The minimum absolute atomic E-state index is 0.292. The number of rotatable bonds is 7. The number of nitrogens with two attached hydrogens (primary N) is 1. The normalized spacial score (nSPS) is 12.5. The second kappa shape index (κ2) is 8.65. The molecule has 28 heavy (non-hydrogen) atoms. The lowest BCUT2D eigenvalue weighted by Gasteiger charge is -2.23. The van der Waals surface area contributed by atoms with Crippen LogP contribution in [0.2, 0.25) is 5.02 Å². The van der Waals surface area contributed by atoms with E-state index in [9.17, 15) is 0 Å². The van der Waals surface area contributed by atoms with Crippen molar-refractivity contribution in [2.24, 2.45) is 5.73 Å². The van der Waals surface area contributed by atoms with Crippen molar-refractivity contribution >= 4 is 11.6 Å². The Morgan fingerprint density at radius 2 is 1.25 bits per heavy atom. The smallest absolute Gasteiger partial charge is 0.231 e. The summed E-state index contributed by atoms with van der Waals surface area (Å²) in [5.74, 6) is 1.63. The van der Waals surface area contributed by atoms with Gasteiger partial charge >= 0.3 is 0 Å². The average Bonchev–Trinajstić information content (AvgIpc) is 3.18. The van der Waals surface area contributed by atoms with Crippen LogP contribution in [-0.4, -0.2) is 11.7 Å². The van der Waals surface area contributed by atoms with Crippen molar-refractivity contribution in [3.05, 3.63) is 94.0 Å². The fraction of sp³-hybridized carbons (Fsp3) is 0.217. The molecule has 0 unspecified atom stereocenters. The molecule has 0 aliphatic carbocycles. The molecule has 0 amide bonds. The quantitative estimate of drug-likeness (QED) is 0.629. The summed E-state index contributed by atoms with van der Waals surface area (Å²) in [4.78, 5) is 2.40. The first-order valence-corrected chi connectivity index (χ1v) is 9.70. The van der Waals surface area contributed by atoms with Gasteiger partial charge in [0.1, 0.15) is 0 Å². The number of hydrogen-bond acceptors (Lipinski definition) is 4. The molecule has 0 saturated carbocycles. The Kier molecular flexibility index (Phi) is 5.81. The molecule has 1 heterocycles. The Bertz CT molecular complexity index is 926. The first-order chi connectivity index (χ1) is 13.7.